The van der Waals surface area contributed by atoms with Crippen molar-refractivity contribution in [1.82, 2.24) is 20.3 Å². The number of carbonyl (C=O) groups is 1. The second kappa shape index (κ2) is 10.9. The molecule has 2 N–H and O–H groups in total. The molecule has 1 amide bonds. The van der Waals surface area contributed by atoms with Crippen LogP contribution in [0.2, 0.25) is 0 Å². The molecule has 0 bridgehead atoms. The molecule has 5 rings (SSSR count). The van der Waals surface area contributed by atoms with Crippen molar-refractivity contribution >= 4 is 22.8 Å². The third-order valence-electron chi connectivity index (χ3n) is 7.22. The van der Waals surface area contributed by atoms with Crippen molar-refractivity contribution in [3.8, 4) is 17.4 Å². The van der Waals surface area contributed by atoms with Crippen LogP contribution in [0.1, 0.15) is 24.0 Å². The largest absolute Gasteiger partial charge is 0.493 e. The van der Waals surface area contributed by atoms with Gasteiger partial charge in [0, 0.05) is 38.1 Å². The normalized spacial score (nSPS) is 14.7. The van der Waals surface area contributed by atoms with Gasteiger partial charge in [-0.3, -0.25) is 9.78 Å². The highest BCUT2D eigenvalue weighted by atomic mass is 16.5. The molecule has 38 heavy (non-hydrogen) atoms. The van der Waals surface area contributed by atoms with Crippen LogP contribution in [0, 0.1) is 5.41 Å². The SMILES string of the molecule is COc1cc2nc(N3CCC(Cc4ccccc4)(C(=O)NCc4cccnc4)CC3)nc(O)c2cc1OC. The minimum Gasteiger partial charge on any atom is -0.493 e. The van der Waals surface area contributed by atoms with Crippen LogP contribution in [-0.4, -0.2) is 53.3 Å². The van der Waals surface area contributed by atoms with Crippen LogP contribution in [0.5, 0.6) is 17.4 Å². The van der Waals surface area contributed by atoms with E-state index in [0.717, 1.165) is 11.1 Å². The van der Waals surface area contributed by atoms with Crippen LogP contribution >= 0.6 is 0 Å². The standard InChI is InChI=1S/C29H31N5O4/c1-37-24-15-22-23(16-25(24)38-2)32-28(33-26(22)35)34-13-10-29(11-14-34,17-20-7-4-3-5-8-20)27(36)31-19-21-9-6-12-30-18-21/h3-9,12,15-16,18H,10-11,13-14,17,19H2,1-2H3,(H,31,36)(H,32,33,35). The second-order valence-corrected chi connectivity index (χ2v) is 9.55. The lowest BCUT2D eigenvalue weighted by Gasteiger charge is -2.41. The molecular weight excluding hydrogens is 482 g/mol. The van der Waals surface area contributed by atoms with Crippen LogP contribution in [0.15, 0.2) is 67.0 Å². The Kier molecular flexibility index (Phi) is 7.26. The molecule has 0 atom stereocenters. The van der Waals surface area contributed by atoms with Gasteiger partial charge in [0.05, 0.1) is 30.5 Å². The van der Waals surface area contributed by atoms with E-state index >= 15 is 0 Å². The fourth-order valence-electron chi connectivity index (χ4n) is 5.05. The van der Waals surface area contributed by atoms with Crippen LogP contribution < -0.4 is 19.7 Å². The molecule has 0 radical (unpaired) electrons. The molecular formula is C29H31N5O4. The smallest absolute Gasteiger partial charge is 0.229 e. The first-order valence-electron chi connectivity index (χ1n) is 12.6. The zero-order valence-corrected chi connectivity index (χ0v) is 21.6. The number of pyridine rings is 1. The molecule has 2 aromatic carbocycles. The first-order chi connectivity index (χ1) is 18.5. The summed E-state index contributed by atoms with van der Waals surface area (Å²) in [7, 11) is 3.10. The van der Waals surface area contributed by atoms with Gasteiger partial charge >= 0.3 is 0 Å². The Labute approximate surface area is 221 Å². The maximum atomic E-state index is 13.7. The Balaban J connectivity index is 1.38. The first kappa shape index (κ1) is 25.3. The number of amides is 1. The summed E-state index contributed by atoms with van der Waals surface area (Å²) in [5.41, 5.74) is 2.06. The summed E-state index contributed by atoms with van der Waals surface area (Å²) in [5.74, 6) is 1.35. The number of piperidine rings is 1. The van der Waals surface area contributed by atoms with Crippen molar-refractivity contribution in [1.29, 1.82) is 0 Å². The molecule has 0 aliphatic carbocycles. The van der Waals surface area contributed by atoms with Crippen molar-refractivity contribution < 1.29 is 19.4 Å². The third-order valence-corrected chi connectivity index (χ3v) is 7.22. The molecule has 2 aromatic heterocycles. The molecule has 1 aliphatic heterocycles. The number of ether oxygens (including phenoxy) is 2. The van der Waals surface area contributed by atoms with Gasteiger partial charge in [0.1, 0.15) is 0 Å². The number of aromatic nitrogens is 3. The minimum absolute atomic E-state index is 0.0314. The van der Waals surface area contributed by atoms with Gasteiger partial charge in [0.2, 0.25) is 17.7 Å². The Hall–Kier alpha value is -4.40. The number of rotatable bonds is 8. The number of hydrogen-bond acceptors (Lipinski definition) is 8. The van der Waals surface area contributed by atoms with E-state index in [1.807, 2.05) is 35.2 Å². The maximum Gasteiger partial charge on any atom is 0.229 e. The fourth-order valence-corrected chi connectivity index (χ4v) is 5.05. The predicted octanol–water partition coefficient (Wildman–Crippen LogP) is 3.89. The zero-order valence-electron chi connectivity index (χ0n) is 21.6. The van der Waals surface area contributed by atoms with Crippen molar-refractivity contribution in [3.63, 3.8) is 0 Å². The third kappa shape index (κ3) is 5.18. The van der Waals surface area contributed by atoms with E-state index in [0.29, 0.717) is 67.2 Å². The zero-order chi connectivity index (χ0) is 26.5. The summed E-state index contributed by atoms with van der Waals surface area (Å²) >= 11 is 0. The van der Waals surface area contributed by atoms with Gasteiger partial charge in [-0.1, -0.05) is 36.4 Å². The summed E-state index contributed by atoms with van der Waals surface area (Å²) in [5, 5.41) is 14.3. The summed E-state index contributed by atoms with van der Waals surface area (Å²) < 4.78 is 10.8. The number of nitrogens with one attached hydrogen (secondary N) is 1. The minimum atomic E-state index is -0.574. The number of methoxy groups -OCH3 is 2. The summed E-state index contributed by atoms with van der Waals surface area (Å²) in [4.78, 5) is 28.9. The van der Waals surface area contributed by atoms with E-state index < -0.39 is 5.41 Å². The van der Waals surface area contributed by atoms with Crippen LogP contribution in [0.4, 0.5) is 5.95 Å². The molecule has 196 valence electrons. The monoisotopic (exact) mass is 513 g/mol. The molecule has 0 saturated carbocycles. The second-order valence-electron chi connectivity index (χ2n) is 9.55. The lowest BCUT2D eigenvalue weighted by molar-refractivity contribution is -0.132. The average molecular weight is 514 g/mol. The topological polar surface area (TPSA) is 110 Å². The van der Waals surface area contributed by atoms with Gasteiger partial charge in [-0.25, -0.2) is 4.98 Å². The molecule has 0 spiro atoms. The molecule has 1 fully saturated rings. The Morgan fingerprint density at radius 1 is 1.00 bits per heavy atom. The van der Waals surface area contributed by atoms with Gasteiger partial charge in [0.25, 0.3) is 0 Å². The number of benzene rings is 2. The lowest BCUT2D eigenvalue weighted by atomic mass is 9.73. The molecule has 1 saturated heterocycles. The quantitative estimate of drug-likeness (QED) is 0.365. The van der Waals surface area contributed by atoms with E-state index in [9.17, 15) is 9.90 Å². The van der Waals surface area contributed by atoms with Gasteiger partial charge < -0.3 is 24.8 Å². The number of anilines is 1. The van der Waals surface area contributed by atoms with E-state index in [-0.39, 0.29) is 11.8 Å². The number of aromatic hydroxyl groups is 1. The Morgan fingerprint density at radius 3 is 2.39 bits per heavy atom. The van der Waals surface area contributed by atoms with E-state index in [1.165, 1.54) is 7.11 Å². The lowest BCUT2D eigenvalue weighted by Crippen LogP contribution is -2.50. The number of hydrogen-bond donors (Lipinski definition) is 2. The maximum absolute atomic E-state index is 13.7. The van der Waals surface area contributed by atoms with Crippen molar-refractivity contribution in [2.45, 2.75) is 25.8 Å². The number of carbonyl (C=O) groups excluding carboxylic acids is 1. The molecule has 0 unspecified atom stereocenters. The molecule has 9 nitrogen and oxygen atoms in total. The van der Waals surface area contributed by atoms with E-state index in [2.05, 4.69) is 27.4 Å². The fraction of sp³-hybridized carbons (Fsp3) is 0.310. The van der Waals surface area contributed by atoms with Crippen LogP contribution in [-0.2, 0) is 17.8 Å². The highest BCUT2D eigenvalue weighted by molar-refractivity contribution is 5.88. The average Bonchev–Trinajstić information content (AvgIpc) is 2.96. The highest BCUT2D eigenvalue weighted by Gasteiger charge is 2.42. The predicted molar refractivity (Wildman–Crippen MR) is 144 cm³/mol. The molecule has 4 aromatic rings. The van der Waals surface area contributed by atoms with Crippen LogP contribution in [0.25, 0.3) is 10.9 Å². The Morgan fingerprint density at radius 2 is 1.71 bits per heavy atom. The summed E-state index contributed by atoms with van der Waals surface area (Å²) in [6.45, 7) is 1.58. The summed E-state index contributed by atoms with van der Waals surface area (Å²) in [6, 6.07) is 17.3. The van der Waals surface area contributed by atoms with E-state index in [4.69, 9.17) is 14.5 Å². The van der Waals surface area contributed by atoms with Crippen molar-refractivity contribution in [2.75, 3.05) is 32.2 Å². The molecule has 9 heteroatoms. The van der Waals surface area contributed by atoms with Crippen molar-refractivity contribution in [3.05, 3.63) is 78.1 Å². The van der Waals surface area contributed by atoms with Gasteiger partial charge in [-0.2, -0.15) is 4.98 Å². The van der Waals surface area contributed by atoms with E-state index in [1.54, 1.807) is 31.6 Å². The van der Waals surface area contributed by atoms with Crippen molar-refractivity contribution in [2.24, 2.45) is 5.41 Å². The molecule has 1 aliphatic rings. The Bertz CT molecular complexity index is 1410. The first-order valence-corrected chi connectivity index (χ1v) is 12.6. The van der Waals surface area contributed by atoms with Crippen LogP contribution in [0.3, 0.4) is 0 Å². The van der Waals surface area contributed by atoms with Gasteiger partial charge in [0.15, 0.2) is 11.5 Å². The molecule has 3 heterocycles. The number of fused-ring (bicyclic) bond motifs is 1. The highest BCUT2D eigenvalue weighted by Crippen LogP contribution is 2.39. The van der Waals surface area contributed by atoms with Gasteiger partial charge in [-0.05, 0) is 42.5 Å². The number of nitrogens with zero attached hydrogens (tertiary/aromatic N) is 4. The summed E-state index contributed by atoms with van der Waals surface area (Å²) in [6.07, 6.45) is 5.36. The van der Waals surface area contributed by atoms with Gasteiger partial charge in [-0.15, -0.1) is 0 Å².